The fourth-order valence-corrected chi connectivity index (χ4v) is 2.49. The minimum atomic E-state index is 0. The summed E-state index contributed by atoms with van der Waals surface area (Å²) in [7, 11) is 0. The van der Waals surface area contributed by atoms with Gasteiger partial charge in [0.1, 0.15) is 0 Å². The largest absolute Gasteiger partial charge is 0.364 e. The van der Waals surface area contributed by atoms with Gasteiger partial charge in [-0.25, -0.2) is 0 Å². The van der Waals surface area contributed by atoms with E-state index in [1.54, 1.807) is 0 Å². The lowest BCUT2D eigenvalue weighted by molar-refractivity contribution is 0.683. The highest BCUT2D eigenvalue weighted by Crippen LogP contribution is 2.31. The number of halogens is 1. The van der Waals surface area contributed by atoms with Crippen LogP contribution < -0.4 is 0 Å². The molecule has 1 heterocycles. The predicted octanol–water partition coefficient (Wildman–Crippen LogP) is 3.53. The molecule has 17 heavy (non-hydrogen) atoms. The lowest BCUT2D eigenvalue weighted by atomic mass is 9.82. The third-order valence-electron chi connectivity index (χ3n) is 3.33. The summed E-state index contributed by atoms with van der Waals surface area (Å²) < 4.78 is 0. The van der Waals surface area contributed by atoms with E-state index in [1.165, 1.54) is 11.3 Å². The molecule has 0 amide bonds. The Morgan fingerprint density at radius 1 is 1.06 bits per heavy atom. The summed E-state index contributed by atoms with van der Waals surface area (Å²) in [6.45, 7) is 0. The summed E-state index contributed by atoms with van der Waals surface area (Å²) in [5.41, 5.74) is 4.42. The molecule has 0 spiro atoms. The number of aromatic amines is 1. The molecule has 3 heteroatoms. The number of hydrogen-bond acceptors (Lipinski definition) is 1. The zero-order chi connectivity index (χ0) is 11.0. The van der Waals surface area contributed by atoms with Crippen LogP contribution >= 0.6 is 12.4 Å². The normalized spacial score (nSPS) is 18.4. The summed E-state index contributed by atoms with van der Waals surface area (Å²) in [4.78, 5) is 3.25. The molecule has 0 saturated carbocycles. The topological polar surface area (TPSA) is 39.6 Å². The summed E-state index contributed by atoms with van der Waals surface area (Å²) in [6, 6.07) is 12.5. The predicted molar refractivity (Wildman–Crippen MR) is 72.4 cm³/mol. The average Bonchev–Trinajstić information content (AvgIpc) is 2.79. The first kappa shape index (κ1) is 11.9. The van der Waals surface area contributed by atoms with Gasteiger partial charge >= 0.3 is 0 Å². The maximum Gasteiger partial charge on any atom is 0.0410 e. The minimum absolute atomic E-state index is 0. The van der Waals surface area contributed by atoms with E-state index in [1.807, 2.05) is 18.3 Å². The van der Waals surface area contributed by atoms with Gasteiger partial charge in [-0.3, -0.25) is 0 Å². The van der Waals surface area contributed by atoms with Gasteiger partial charge in [-0.05, 0) is 30.4 Å². The SMILES string of the molecule is Cl.N=C1CC(c2ccccc2)Cc2[nH]ccc21. The van der Waals surface area contributed by atoms with E-state index in [9.17, 15) is 0 Å². The number of rotatable bonds is 1. The van der Waals surface area contributed by atoms with Crippen LogP contribution in [0.5, 0.6) is 0 Å². The van der Waals surface area contributed by atoms with Crippen molar-refractivity contribution in [2.75, 3.05) is 0 Å². The first-order valence-electron chi connectivity index (χ1n) is 5.63. The number of H-pyrrole nitrogens is 1. The Kier molecular flexibility index (Phi) is 3.34. The van der Waals surface area contributed by atoms with Crippen LogP contribution in [-0.4, -0.2) is 10.7 Å². The van der Waals surface area contributed by atoms with Gasteiger partial charge in [0.15, 0.2) is 0 Å². The number of hydrogen-bond donors (Lipinski definition) is 2. The zero-order valence-corrected chi connectivity index (χ0v) is 10.3. The molecule has 0 bridgehead atoms. The number of benzene rings is 1. The van der Waals surface area contributed by atoms with Gasteiger partial charge in [0.25, 0.3) is 0 Å². The molecule has 3 rings (SSSR count). The van der Waals surface area contributed by atoms with Crippen molar-refractivity contribution in [1.82, 2.24) is 4.98 Å². The van der Waals surface area contributed by atoms with Gasteiger partial charge in [-0.15, -0.1) is 12.4 Å². The Bertz CT molecular complexity index is 516. The van der Waals surface area contributed by atoms with E-state index >= 15 is 0 Å². The first-order chi connectivity index (χ1) is 7.84. The highest BCUT2D eigenvalue weighted by Gasteiger charge is 2.24. The molecule has 1 unspecified atom stereocenters. The Morgan fingerprint density at radius 3 is 2.59 bits per heavy atom. The maximum atomic E-state index is 8.05. The second-order valence-corrected chi connectivity index (χ2v) is 4.36. The highest BCUT2D eigenvalue weighted by atomic mass is 35.5. The lowest BCUT2D eigenvalue weighted by Gasteiger charge is -2.23. The van der Waals surface area contributed by atoms with Crippen molar-refractivity contribution in [3.63, 3.8) is 0 Å². The fraction of sp³-hybridized carbons (Fsp3) is 0.214. The first-order valence-corrected chi connectivity index (χ1v) is 5.63. The van der Waals surface area contributed by atoms with Crippen molar-refractivity contribution in [1.29, 1.82) is 5.41 Å². The molecule has 0 fully saturated rings. The van der Waals surface area contributed by atoms with Crippen molar-refractivity contribution < 1.29 is 0 Å². The van der Waals surface area contributed by atoms with Crippen LogP contribution in [0.4, 0.5) is 0 Å². The molecule has 1 atom stereocenters. The second-order valence-electron chi connectivity index (χ2n) is 4.36. The van der Waals surface area contributed by atoms with Crippen LogP contribution in [0.25, 0.3) is 0 Å². The van der Waals surface area contributed by atoms with Crippen LogP contribution in [0, 0.1) is 5.41 Å². The Labute approximate surface area is 107 Å². The molecule has 2 N–H and O–H groups in total. The van der Waals surface area contributed by atoms with E-state index in [0.717, 1.165) is 24.1 Å². The Balaban J connectivity index is 0.00000108. The third kappa shape index (κ3) is 2.13. The smallest absolute Gasteiger partial charge is 0.0410 e. The molecule has 0 saturated heterocycles. The van der Waals surface area contributed by atoms with Gasteiger partial charge in [0.2, 0.25) is 0 Å². The van der Waals surface area contributed by atoms with E-state index < -0.39 is 0 Å². The molecule has 2 aromatic rings. The monoisotopic (exact) mass is 246 g/mol. The third-order valence-corrected chi connectivity index (χ3v) is 3.33. The van der Waals surface area contributed by atoms with Crippen LogP contribution in [0.15, 0.2) is 42.6 Å². The van der Waals surface area contributed by atoms with Gasteiger partial charge < -0.3 is 10.4 Å². The van der Waals surface area contributed by atoms with Crippen molar-refractivity contribution in [3.8, 4) is 0 Å². The zero-order valence-electron chi connectivity index (χ0n) is 9.44. The Hall–Kier alpha value is -1.54. The fourth-order valence-electron chi connectivity index (χ4n) is 2.49. The molecular weight excluding hydrogens is 232 g/mol. The molecule has 0 aliphatic heterocycles. The van der Waals surface area contributed by atoms with Gasteiger partial charge in [-0.2, -0.15) is 0 Å². The maximum absolute atomic E-state index is 8.05. The number of nitrogens with one attached hydrogen (secondary N) is 2. The summed E-state index contributed by atoms with van der Waals surface area (Å²) >= 11 is 0. The number of fused-ring (bicyclic) bond motifs is 1. The van der Waals surface area contributed by atoms with Crippen LogP contribution in [-0.2, 0) is 6.42 Å². The van der Waals surface area contributed by atoms with Crippen LogP contribution in [0.3, 0.4) is 0 Å². The molecule has 88 valence electrons. The standard InChI is InChI=1S/C14H14N2.ClH/c15-13-8-11(10-4-2-1-3-5-10)9-14-12(13)6-7-16-14;/h1-7,11,15-16H,8-9H2;1H. The molecule has 1 aliphatic rings. The quantitative estimate of drug-likeness (QED) is 0.773. The second kappa shape index (κ2) is 4.76. The van der Waals surface area contributed by atoms with Crippen molar-refractivity contribution in [3.05, 3.63) is 59.4 Å². The van der Waals surface area contributed by atoms with Crippen LogP contribution in [0.2, 0.25) is 0 Å². The highest BCUT2D eigenvalue weighted by molar-refractivity contribution is 6.00. The molecule has 0 radical (unpaired) electrons. The van der Waals surface area contributed by atoms with Crippen molar-refractivity contribution in [2.45, 2.75) is 18.8 Å². The van der Waals surface area contributed by atoms with Crippen LogP contribution in [0.1, 0.15) is 29.2 Å². The molecule has 1 aliphatic carbocycles. The minimum Gasteiger partial charge on any atom is -0.364 e. The van der Waals surface area contributed by atoms with E-state index in [-0.39, 0.29) is 12.4 Å². The molecule has 1 aromatic heterocycles. The summed E-state index contributed by atoms with van der Waals surface area (Å²) in [5, 5.41) is 8.05. The number of aromatic nitrogens is 1. The average molecular weight is 247 g/mol. The summed E-state index contributed by atoms with van der Waals surface area (Å²) in [6.07, 6.45) is 3.82. The Morgan fingerprint density at radius 2 is 1.82 bits per heavy atom. The van der Waals surface area contributed by atoms with Gasteiger partial charge in [0.05, 0.1) is 0 Å². The van der Waals surface area contributed by atoms with E-state index in [4.69, 9.17) is 5.41 Å². The van der Waals surface area contributed by atoms with Crippen molar-refractivity contribution in [2.24, 2.45) is 0 Å². The molecule has 2 nitrogen and oxygen atoms in total. The van der Waals surface area contributed by atoms with Gasteiger partial charge in [0, 0.05) is 23.2 Å². The summed E-state index contributed by atoms with van der Waals surface area (Å²) in [5.74, 6) is 0.458. The van der Waals surface area contributed by atoms with E-state index in [2.05, 4.69) is 29.2 Å². The van der Waals surface area contributed by atoms with E-state index in [0.29, 0.717) is 5.92 Å². The molecule has 1 aromatic carbocycles. The van der Waals surface area contributed by atoms with Crippen molar-refractivity contribution >= 4 is 18.1 Å². The lowest BCUT2D eigenvalue weighted by Crippen LogP contribution is -2.17. The molecular formula is C14H15ClN2. The van der Waals surface area contributed by atoms with Gasteiger partial charge in [-0.1, -0.05) is 30.3 Å².